The second-order valence-corrected chi connectivity index (χ2v) is 1.34. The minimum absolute atomic E-state index is 0. The predicted octanol–water partition coefficient (Wildman–Crippen LogP) is -5.71. The van der Waals surface area contributed by atoms with Gasteiger partial charge in [0.05, 0.1) is 0 Å². The van der Waals surface area contributed by atoms with Gasteiger partial charge in [-0.3, -0.25) is 0 Å². The molecule has 0 amide bonds. The maximum absolute atomic E-state index is 8.55. The van der Waals surface area contributed by atoms with Crippen molar-refractivity contribution in [3.8, 4) is 0 Å². The van der Waals surface area contributed by atoms with E-state index in [2.05, 4.69) is 0 Å². The van der Waals surface area contributed by atoms with Crippen LogP contribution < -0.4 is 44.2 Å². The fourth-order valence-electron chi connectivity index (χ4n) is 0. The predicted molar refractivity (Wildman–Crippen MR) is 8.72 cm³/mol. The van der Waals surface area contributed by atoms with Crippen molar-refractivity contribution < 1.29 is 50.2 Å². The minimum Gasteiger partial charge on any atom is -0.822 e. The topological polar surface area (TPSA) is 86.2 Å². The normalized spacial score (nSPS) is 9.83. The van der Waals surface area contributed by atoms with E-state index < -0.39 is 7.82 Å². The monoisotopic (exact) mass is 119 g/mol. The summed E-state index contributed by atoms with van der Waals surface area (Å²) in [5.41, 5.74) is 0. The van der Waals surface area contributed by atoms with Crippen molar-refractivity contribution in [1.82, 2.24) is 0 Å². The van der Waals surface area contributed by atoms with Crippen molar-refractivity contribution in [2.75, 3.05) is 0 Å². The summed E-state index contributed by atoms with van der Waals surface area (Å²) in [5, 5.41) is 0. The molecule has 0 saturated heterocycles. The van der Waals surface area contributed by atoms with Gasteiger partial charge >= 0.3 is 31.0 Å². The third-order valence-corrected chi connectivity index (χ3v) is 0. The molecule has 0 aliphatic carbocycles. The molecular weight excluding hydrogens is 118 g/mol. The quantitative estimate of drug-likeness (QED) is 0.235. The summed E-state index contributed by atoms with van der Waals surface area (Å²) >= 11 is 0. The van der Waals surface area contributed by atoms with Gasteiger partial charge in [0.15, 0.2) is 0 Å². The van der Waals surface area contributed by atoms with E-state index in [9.17, 15) is 0 Å². The molecule has 0 aromatic heterocycles. The van der Waals surface area contributed by atoms with Crippen molar-refractivity contribution in [3.05, 3.63) is 0 Å². The summed E-state index contributed by atoms with van der Waals surface area (Å²) in [6.45, 7) is 0. The van der Waals surface area contributed by atoms with Crippen molar-refractivity contribution in [3.63, 3.8) is 0 Å². The molecule has 0 rings (SSSR count). The molecule has 0 spiro atoms. The molecule has 6 heavy (non-hydrogen) atoms. The Labute approximate surface area is 58.2 Å². The third kappa shape index (κ3) is 70.1. The van der Waals surface area contributed by atoms with Crippen LogP contribution in [-0.2, 0) is 4.57 Å². The van der Waals surface area contributed by atoms with E-state index in [0.717, 1.165) is 0 Å². The molecule has 0 atom stereocenters. The van der Waals surface area contributed by atoms with Gasteiger partial charge in [0.1, 0.15) is 0 Å². The molecule has 0 fully saturated rings. The first-order chi connectivity index (χ1) is 2.00. The Kier molecular flexibility index (Phi) is 5.35. The first-order valence-corrected chi connectivity index (χ1v) is 2.19. The zero-order valence-corrected chi connectivity index (χ0v) is 5.97. The van der Waals surface area contributed by atoms with E-state index in [0.29, 0.717) is 0 Å². The Hall–Kier alpha value is 1.11. The SMILES string of the molecule is O=P([O-])([O-])[O-].[H+].[Na+]. The number of hydrogen-bond acceptors (Lipinski definition) is 4. The van der Waals surface area contributed by atoms with E-state index in [1.165, 1.54) is 0 Å². The summed E-state index contributed by atoms with van der Waals surface area (Å²) in [7, 11) is -5.39. The van der Waals surface area contributed by atoms with Crippen LogP contribution in [0.5, 0.6) is 0 Å². The van der Waals surface area contributed by atoms with E-state index in [1.54, 1.807) is 0 Å². The van der Waals surface area contributed by atoms with Crippen molar-refractivity contribution in [1.29, 1.82) is 0 Å². The second-order valence-electron chi connectivity index (χ2n) is 0.447. The maximum atomic E-state index is 8.55. The molecule has 0 N–H and O–H groups in total. The van der Waals surface area contributed by atoms with Crippen LogP contribution in [0.3, 0.4) is 0 Å². The van der Waals surface area contributed by atoms with Crippen molar-refractivity contribution in [2.24, 2.45) is 0 Å². The van der Waals surface area contributed by atoms with Gasteiger partial charge in [-0.15, -0.1) is 0 Å². The Balaban J connectivity index is -0.0000000800. The summed E-state index contributed by atoms with van der Waals surface area (Å²) < 4.78 is 8.55. The van der Waals surface area contributed by atoms with E-state index in [4.69, 9.17) is 19.2 Å². The van der Waals surface area contributed by atoms with E-state index in [1.807, 2.05) is 0 Å². The zero-order valence-electron chi connectivity index (χ0n) is 4.08. The molecule has 0 saturated carbocycles. The maximum Gasteiger partial charge on any atom is 1.00 e. The Morgan fingerprint density at radius 2 is 1.33 bits per heavy atom. The average molecular weight is 119 g/mol. The Morgan fingerprint density at radius 3 is 1.33 bits per heavy atom. The fourth-order valence-corrected chi connectivity index (χ4v) is 0. The van der Waals surface area contributed by atoms with Gasteiger partial charge in [0.25, 0.3) is 0 Å². The summed E-state index contributed by atoms with van der Waals surface area (Å²) in [4.78, 5) is 25.6. The molecule has 0 radical (unpaired) electrons. The number of hydrogen-bond donors (Lipinski definition) is 0. The molecule has 0 aromatic carbocycles. The van der Waals surface area contributed by atoms with E-state index >= 15 is 0 Å². The first-order valence-electron chi connectivity index (χ1n) is 0.730. The van der Waals surface area contributed by atoms with Crippen LogP contribution in [-0.4, -0.2) is 0 Å². The van der Waals surface area contributed by atoms with E-state index in [-0.39, 0.29) is 31.0 Å². The fraction of sp³-hybridized carbons (Fsp3) is 0. The Bertz CT molecular complexity index is 57.8. The summed E-state index contributed by atoms with van der Waals surface area (Å²) in [5.74, 6) is 0. The molecule has 4 nitrogen and oxygen atoms in total. The van der Waals surface area contributed by atoms with Gasteiger partial charge in [0.2, 0.25) is 0 Å². The van der Waals surface area contributed by atoms with Gasteiger partial charge in [-0.25, -0.2) is 0 Å². The van der Waals surface area contributed by atoms with Crippen LogP contribution in [0.4, 0.5) is 0 Å². The minimum atomic E-state index is -5.39. The second kappa shape index (κ2) is 3.16. The van der Waals surface area contributed by atoms with Gasteiger partial charge < -0.3 is 19.2 Å². The Morgan fingerprint density at radius 1 is 1.33 bits per heavy atom. The number of phosphoric acid groups is 1. The third-order valence-electron chi connectivity index (χ3n) is 0. The van der Waals surface area contributed by atoms with Crippen LogP contribution in [0.25, 0.3) is 0 Å². The van der Waals surface area contributed by atoms with Crippen molar-refractivity contribution in [2.45, 2.75) is 0 Å². The molecule has 0 bridgehead atoms. The summed E-state index contributed by atoms with van der Waals surface area (Å²) in [6.07, 6.45) is 0. The largest absolute Gasteiger partial charge is 1.00 e. The van der Waals surface area contributed by atoms with Crippen LogP contribution in [0.1, 0.15) is 1.43 Å². The van der Waals surface area contributed by atoms with Crippen LogP contribution in [0, 0.1) is 0 Å². The average Bonchev–Trinajstić information content (AvgIpc) is 0.722. The standard InChI is InChI=1S/Na.H3O4P/c;1-5(2,3)4/h;(H3,1,2,3,4)/q+1;/p-2. The molecule has 0 aromatic rings. The van der Waals surface area contributed by atoms with Gasteiger partial charge in [-0.05, 0) is 0 Å². The van der Waals surface area contributed by atoms with Gasteiger partial charge in [-0.2, -0.15) is 7.82 Å². The van der Waals surface area contributed by atoms with Gasteiger partial charge in [0, 0.05) is 0 Å². The molecule has 6 heteroatoms. The van der Waals surface area contributed by atoms with Crippen LogP contribution >= 0.6 is 7.82 Å². The van der Waals surface area contributed by atoms with Crippen LogP contribution in [0.15, 0.2) is 0 Å². The zero-order chi connectivity index (χ0) is 4.50. The van der Waals surface area contributed by atoms with Crippen molar-refractivity contribution >= 4 is 7.82 Å². The smallest absolute Gasteiger partial charge is 0.822 e. The van der Waals surface area contributed by atoms with Crippen LogP contribution in [0.2, 0.25) is 0 Å². The molecule has 32 valence electrons. The molecule has 0 aliphatic heterocycles. The molecule has 0 heterocycles. The number of rotatable bonds is 0. The molecule has 0 aliphatic rings. The van der Waals surface area contributed by atoms with Gasteiger partial charge in [-0.1, -0.05) is 0 Å². The molecule has 0 unspecified atom stereocenters. The first kappa shape index (κ1) is 10.2. The summed E-state index contributed by atoms with van der Waals surface area (Å²) in [6, 6.07) is 0. The molecular formula is HNaO4P-.